The zero-order chi connectivity index (χ0) is 13.7. The van der Waals surface area contributed by atoms with E-state index < -0.39 is 0 Å². The highest BCUT2D eigenvalue weighted by atomic mass is 16.2. The Hall–Kier alpha value is -1.42. The third-order valence-corrected chi connectivity index (χ3v) is 3.92. The number of aryl methyl sites for hydroxylation is 1. The molecule has 2 N–H and O–H groups in total. The Morgan fingerprint density at radius 2 is 2.42 bits per heavy atom. The summed E-state index contributed by atoms with van der Waals surface area (Å²) in [6.07, 6.45) is 7.02. The standard InChI is InChI=1S/C15H23N3O/c1-12-6-8-18(14(9-12)10-16)15(19)5-4-13-3-2-7-17-11-13/h2-3,7,11-12,14H,4-6,8-10,16H2,1H3. The van der Waals surface area contributed by atoms with Crippen LogP contribution in [0.25, 0.3) is 0 Å². The van der Waals surface area contributed by atoms with Crippen LogP contribution in [0.1, 0.15) is 31.7 Å². The number of hydrogen-bond acceptors (Lipinski definition) is 3. The molecular formula is C15H23N3O. The van der Waals surface area contributed by atoms with E-state index in [1.807, 2.05) is 23.2 Å². The summed E-state index contributed by atoms with van der Waals surface area (Å²) in [5, 5.41) is 0. The fourth-order valence-electron chi connectivity index (χ4n) is 2.74. The summed E-state index contributed by atoms with van der Waals surface area (Å²) in [7, 11) is 0. The normalized spacial score (nSPS) is 23.4. The van der Waals surface area contributed by atoms with Crippen molar-refractivity contribution in [3.63, 3.8) is 0 Å². The number of rotatable bonds is 4. The fourth-order valence-corrected chi connectivity index (χ4v) is 2.74. The van der Waals surface area contributed by atoms with E-state index in [4.69, 9.17) is 5.73 Å². The van der Waals surface area contributed by atoms with Crippen LogP contribution in [0, 0.1) is 5.92 Å². The molecule has 1 aliphatic heterocycles. The molecular weight excluding hydrogens is 238 g/mol. The number of nitrogens with zero attached hydrogens (tertiary/aromatic N) is 2. The van der Waals surface area contributed by atoms with Crippen LogP contribution in [0.15, 0.2) is 24.5 Å². The lowest BCUT2D eigenvalue weighted by atomic mass is 9.92. The Labute approximate surface area is 115 Å². The molecule has 0 spiro atoms. The smallest absolute Gasteiger partial charge is 0.223 e. The van der Waals surface area contributed by atoms with Crippen molar-refractivity contribution < 1.29 is 4.79 Å². The Kier molecular flexibility index (Phi) is 4.91. The second-order valence-corrected chi connectivity index (χ2v) is 5.47. The van der Waals surface area contributed by atoms with Crippen LogP contribution in [-0.2, 0) is 11.2 Å². The number of aromatic nitrogens is 1. The minimum Gasteiger partial charge on any atom is -0.338 e. The summed E-state index contributed by atoms with van der Waals surface area (Å²) >= 11 is 0. The molecule has 4 heteroatoms. The average molecular weight is 261 g/mol. The molecule has 1 amide bonds. The van der Waals surface area contributed by atoms with Gasteiger partial charge in [-0.25, -0.2) is 0 Å². The molecule has 19 heavy (non-hydrogen) atoms. The molecule has 1 aliphatic rings. The van der Waals surface area contributed by atoms with Gasteiger partial charge in [0.15, 0.2) is 0 Å². The van der Waals surface area contributed by atoms with Crippen molar-refractivity contribution in [3.8, 4) is 0 Å². The van der Waals surface area contributed by atoms with E-state index in [0.29, 0.717) is 18.9 Å². The van der Waals surface area contributed by atoms with E-state index in [1.54, 1.807) is 6.20 Å². The van der Waals surface area contributed by atoms with Gasteiger partial charge in [-0.15, -0.1) is 0 Å². The number of carbonyl (C=O) groups excluding carboxylic acids is 1. The molecule has 0 saturated carbocycles. The van der Waals surface area contributed by atoms with Gasteiger partial charge in [-0.05, 0) is 36.8 Å². The molecule has 2 unspecified atom stereocenters. The minimum atomic E-state index is 0.227. The van der Waals surface area contributed by atoms with Crippen molar-refractivity contribution in [2.45, 2.75) is 38.6 Å². The number of pyridine rings is 1. The Balaban J connectivity index is 1.88. The molecule has 2 atom stereocenters. The predicted octanol–water partition coefficient (Wildman–Crippen LogP) is 1.60. The van der Waals surface area contributed by atoms with Crippen molar-refractivity contribution >= 4 is 5.91 Å². The van der Waals surface area contributed by atoms with Crippen molar-refractivity contribution in [2.24, 2.45) is 11.7 Å². The van der Waals surface area contributed by atoms with E-state index in [-0.39, 0.29) is 11.9 Å². The lowest BCUT2D eigenvalue weighted by Gasteiger charge is -2.38. The first-order chi connectivity index (χ1) is 9.20. The first-order valence-electron chi connectivity index (χ1n) is 7.09. The number of hydrogen-bond donors (Lipinski definition) is 1. The Morgan fingerprint density at radius 1 is 1.58 bits per heavy atom. The molecule has 0 bridgehead atoms. The van der Waals surface area contributed by atoms with Crippen molar-refractivity contribution in [3.05, 3.63) is 30.1 Å². The lowest BCUT2D eigenvalue weighted by molar-refractivity contribution is -0.135. The largest absolute Gasteiger partial charge is 0.338 e. The van der Waals surface area contributed by atoms with Gasteiger partial charge in [-0.3, -0.25) is 9.78 Å². The number of amides is 1. The van der Waals surface area contributed by atoms with E-state index in [9.17, 15) is 4.79 Å². The minimum absolute atomic E-state index is 0.227. The van der Waals surface area contributed by atoms with Crippen LogP contribution in [0.3, 0.4) is 0 Å². The monoisotopic (exact) mass is 261 g/mol. The van der Waals surface area contributed by atoms with E-state index in [2.05, 4.69) is 11.9 Å². The maximum atomic E-state index is 12.3. The molecule has 1 aromatic rings. The lowest BCUT2D eigenvalue weighted by Crippen LogP contribution is -2.49. The molecule has 1 fully saturated rings. The SMILES string of the molecule is CC1CCN(C(=O)CCc2cccnc2)C(CN)C1. The van der Waals surface area contributed by atoms with Gasteiger partial charge in [-0.1, -0.05) is 13.0 Å². The molecule has 1 saturated heterocycles. The Bertz CT molecular complexity index is 407. The van der Waals surface area contributed by atoms with Crippen LogP contribution in [0.5, 0.6) is 0 Å². The highest BCUT2D eigenvalue weighted by Gasteiger charge is 2.28. The molecule has 0 aromatic carbocycles. The zero-order valence-corrected chi connectivity index (χ0v) is 11.6. The molecule has 104 valence electrons. The maximum Gasteiger partial charge on any atom is 0.223 e. The summed E-state index contributed by atoms with van der Waals surface area (Å²) in [4.78, 5) is 18.4. The molecule has 0 aliphatic carbocycles. The summed E-state index contributed by atoms with van der Waals surface area (Å²) in [6.45, 7) is 3.66. The number of piperidine rings is 1. The summed E-state index contributed by atoms with van der Waals surface area (Å²) in [5.74, 6) is 0.905. The van der Waals surface area contributed by atoms with Crippen LogP contribution in [-0.4, -0.2) is 34.9 Å². The van der Waals surface area contributed by atoms with Gasteiger partial charge in [0.2, 0.25) is 5.91 Å². The highest BCUT2D eigenvalue weighted by molar-refractivity contribution is 5.77. The number of carbonyl (C=O) groups is 1. The first-order valence-corrected chi connectivity index (χ1v) is 7.09. The average Bonchev–Trinajstić information content (AvgIpc) is 2.45. The second kappa shape index (κ2) is 6.66. The topological polar surface area (TPSA) is 59.2 Å². The van der Waals surface area contributed by atoms with Gasteiger partial charge in [0, 0.05) is 37.9 Å². The number of likely N-dealkylation sites (tertiary alicyclic amines) is 1. The van der Waals surface area contributed by atoms with Gasteiger partial charge in [-0.2, -0.15) is 0 Å². The third-order valence-electron chi connectivity index (χ3n) is 3.92. The van der Waals surface area contributed by atoms with Gasteiger partial charge in [0.05, 0.1) is 0 Å². The van der Waals surface area contributed by atoms with Gasteiger partial charge >= 0.3 is 0 Å². The second-order valence-electron chi connectivity index (χ2n) is 5.47. The van der Waals surface area contributed by atoms with Crippen molar-refractivity contribution in [1.82, 2.24) is 9.88 Å². The summed E-state index contributed by atoms with van der Waals surface area (Å²) in [5.41, 5.74) is 6.91. The molecule has 4 nitrogen and oxygen atoms in total. The predicted molar refractivity (Wildman–Crippen MR) is 75.5 cm³/mol. The number of nitrogens with two attached hydrogens (primary N) is 1. The van der Waals surface area contributed by atoms with Crippen LogP contribution in [0.4, 0.5) is 0 Å². The van der Waals surface area contributed by atoms with Gasteiger partial charge in [0.1, 0.15) is 0 Å². The highest BCUT2D eigenvalue weighted by Crippen LogP contribution is 2.22. The quantitative estimate of drug-likeness (QED) is 0.895. The van der Waals surface area contributed by atoms with E-state index >= 15 is 0 Å². The van der Waals surface area contributed by atoms with Gasteiger partial charge in [0.25, 0.3) is 0 Å². The van der Waals surface area contributed by atoms with Crippen LogP contribution < -0.4 is 5.73 Å². The summed E-state index contributed by atoms with van der Waals surface area (Å²) in [6, 6.07) is 4.15. The van der Waals surface area contributed by atoms with Crippen LogP contribution in [0.2, 0.25) is 0 Å². The van der Waals surface area contributed by atoms with E-state index in [1.165, 1.54) is 0 Å². The van der Waals surface area contributed by atoms with Crippen molar-refractivity contribution in [1.29, 1.82) is 0 Å². The fraction of sp³-hybridized carbons (Fsp3) is 0.600. The molecule has 1 aromatic heterocycles. The Morgan fingerprint density at radius 3 is 3.11 bits per heavy atom. The van der Waals surface area contributed by atoms with Gasteiger partial charge < -0.3 is 10.6 Å². The maximum absolute atomic E-state index is 12.3. The first kappa shape index (κ1) is 14.0. The zero-order valence-electron chi connectivity index (χ0n) is 11.6. The van der Waals surface area contributed by atoms with E-state index in [0.717, 1.165) is 31.4 Å². The molecule has 0 radical (unpaired) electrons. The van der Waals surface area contributed by atoms with Crippen molar-refractivity contribution in [2.75, 3.05) is 13.1 Å². The summed E-state index contributed by atoms with van der Waals surface area (Å²) < 4.78 is 0. The van der Waals surface area contributed by atoms with Crippen LogP contribution >= 0.6 is 0 Å². The third kappa shape index (κ3) is 3.77. The molecule has 2 heterocycles. The molecule has 2 rings (SSSR count).